The van der Waals surface area contributed by atoms with Gasteiger partial charge >= 0.3 is 0 Å². The van der Waals surface area contributed by atoms with Crippen molar-refractivity contribution >= 4 is 15.7 Å². The lowest BCUT2D eigenvalue weighted by Gasteiger charge is -2.26. The van der Waals surface area contributed by atoms with Crippen molar-refractivity contribution in [3.05, 3.63) is 18.1 Å². The topological polar surface area (TPSA) is 95.7 Å². The molecule has 0 aliphatic carbocycles. The second-order valence-electron chi connectivity index (χ2n) is 4.79. The Bertz CT molecular complexity index is 543. The molecule has 1 aromatic rings. The second kappa shape index (κ2) is 5.31. The van der Waals surface area contributed by atoms with Gasteiger partial charge in [0.2, 0.25) is 0 Å². The van der Waals surface area contributed by atoms with Gasteiger partial charge in [-0.3, -0.25) is 0 Å². The number of nitrogens with zero attached hydrogens (tertiary/aromatic N) is 3. The number of sulfone groups is 1. The van der Waals surface area contributed by atoms with E-state index in [9.17, 15) is 8.42 Å². The Morgan fingerprint density at radius 2 is 2.06 bits per heavy atom. The summed E-state index contributed by atoms with van der Waals surface area (Å²) in [5, 5.41) is 11.7. The minimum absolute atomic E-state index is 0.108. The van der Waals surface area contributed by atoms with Crippen LogP contribution in [0.25, 0.3) is 0 Å². The zero-order chi connectivity index (χ0) is 13.8. The van der Waals surface area contributed by atoms with Crippen LogP contribution in [0.15, 0.2) is 12.4 Å². The SMILES string of the molecule is CC(C)(CCS(C)(=O)=O)Nc1cnc(C#N)cn1. The van der Waals surface area contributed by atoms with E-state index in [0.717, 1.165) is 0 Å². The molecule has 1 N–H and O–H groups in total. The van der Waals surface area contributed by atoms with Crippen LogP contribution in [0.3, 0.4) is 0 Å². The van der Waals surface area contributed by atoms with E-state index in [-0.39, 0.29) is 11.4 Å². The van der Waals surface area contributed by atoms with E-state index in [1.807, 2.05) is 19.9 Å². The summed E-state index contributed by atoms with van der Waals surface area (Å²) in [7, 11) is -2.98. The van der Waals surface area contributed by atoms with E-state index < -0.39 is 15.4 Å². The lowest BCUT2D eigenvalue weighted by Crippen LogP contribution is -2.33. The fourth-order valence-corrected chi connectivity index (χ4v) is 2.18. The fraction of sp³-hybridized carbons (Fsp3) is 0.545. The summed E-state index contributed by atoms with van der Waals surface area (Å²) < 4.78 is 22.2. The number of hydrogen-bond acceptors (Lipinski definition) is 6. The summed E-state index contributed by atoms with van der Waals surface area (Å²) in [6.07, 6.45) is 4.51. The average Bonchev–Trinajstić information content (AvgIpc) is 2.26. The highest BCUT2D eigenvalue weighted by atomic mass is 32.2. The van der Waals surface area contributed by atoms with Crippen molar-refractivity contribution in [3.8, 4) is 6.07 Å². The first kappa shape index (κ1) is 14.4. The van der Waals surface area contributed by atoms with Gasteiger partial charge in [0.15, 0.2) is 5.69 Å². The van der Waals surface area contributed by atoms with E-state index in [1.165, 1.54) is 18.6 Å². The predicted octanol–water partition coefficient (Wildman–Crippen LogP) is 0.973. The molecule has 0 radical (unpaired) electrons. The Balaban J connectivity index is 2.67. The molecule has 0 unspecified atom stereocenters. The zero-order valence-electron chi connectivity index (χ0n) is 10.6. The maximum Gasteiger partial charge on any atom is 0.158 e. The number of nitriles is 1. The van der Waals surface area contributed by atoms with Crippen molar-refractivity contribution in [1.29, 1.82) is 5.26 Å². The van der Waals surface area contributed by atoms with Crippen LogP contribution < -0.4 is 5.32 Å². The summed E-state index contributed by atoms with van der Waals surface area (Å²) in [4.78, 5) is 7.92. The molecule has 0 saturated carbocycles. The monoisotopic (exact) mass is 268 g/mol. The smallest absolute Gasteiger partial charge is 0.158 e. The van der Waals surface area contributed by atoms with Crippen LogP contribution in [0.1, 0.15) is 26.0 Å². The molecule has 98 valence electrons. The summed E-state index contributed by atoms with van der Waals surface area (Å²) in [6, 6.07) is 1.88. The van der Waals surface area contributed by atoms with Crippen LogP contribution in [0.4, 0.5) is 5.82 Å². The van der Waals surface area contributed by atoms with Gasteiger partial charge in [-0.2, -0.15) is 5.26 Å². The molecule has 0 amide bonds. The third-order valence-electron chi connectivity index (χ3n) is 2.33. The van der Waals surface area contributed by atoms with Gasteiger partial charge in [0, 0.05) is 11.8 Å². The Hall–Kier alpha value is -1.68. The van der Waals surface area contributed by atoms with E-state index in [4.69, 9.17) is 5.26 Å². The van der Waals surface area contributed by atoms with Gasteiger partial charge in [0.25, 0.3) is 0 Å². The molecule has 18 heavy (non-hydrogen) atoms. The lowest BCUT2D eigenvalue weighted by atomic mass is 10.0. The molecule has 0 atom stereocenters. The summed E-state index contributed by atoms with van der Waals surface area (Å²) in [6.45, 7) is 3.77. The molecule has 1 aromatic heterocycles. The van der Waals surface area contributed by atoms with Crippen molar-refractivity contribution < 1.29 is 8.42 Å². The normalized spacial score (nSPS) is 11.9. The Morgan fingerprint density at radius 1 is 1.39 bits per heavy atom. The van der Waals surface area contributed by atoms with Crippen molar-refractivity contribution in [2.45, 2.75) is 25.8 Å². The highest BCUT2D eigenvalue weighted by Gasteiger charge is 2.20. The molecular weight excluding hydrogens is 252 g/mol. The van der Waals surface area contributed by atoms with Crippen LogP contribution in [0.5, 0.6) is 0 Å². The molecule has 0 aliphatic rings. The molecule has 0 saturated heterocycles. The number of rotatable bonds is 5. The second-order valence-corrected chi connectivity index (χ2v) is 7.05. The van der Waals surface area contributed by atoms with E-state index >= 15 is 0 Å². The molecule has 0 aromatic carbocycles. The van der Waals surface area contributed by atoms with E-state index in [2.05, 4.69) is 15.3 Å². The fourth-order valence-electron chi connectivity index (χ4n) is 1.30. The third kappa shape index (κ3) is 5.10. The van der Waals surface area contributed by atoms with Gasteiger partial charge in [-0.1, -0.05) is 0 Å². The highest BCUT2D eigenvalue weighted by molar-refractivity contribution is 7.90. The highest BCUT2D eigenvalue weighted by Crippen LogP contribution is 2.16. The molecule has 0 fully saturated rings. The Morgan fingerprint density at radius 3 is 2.50 bits per heavy atom. The minimum atomic E-state index is -2.98. The van der Waals surface area contributed by atoms with Crippen molar-refractivity contribution in [2.24, 2.45) is 0 Å². The molecule has 0 bridgehead atoms. The van der Waals surface area contributed by atoms with Crippen LogP contribution in [0.2, 0.25) is 0 Å². The number of anilines is 1. The maximum absolute atomic E-state index is 11.1. The summed E-state index contributed by atoms with van der Waals surface area (Å²) in [5.41, 5.74) is -0.166. The molecule has 0 aliphatic heterocycles. The van der Waals surface area contributed by atoms with Gasteiger partial charge in [0.1, 0.15) is 21.7 Å². The van der Waals surface area contributed by atoms with Gasteiger partial charge in [-0.05, 0) is 20.3 Å². The quantitative estimate of drug-likeness (QED) is 0.855. The lowest BCUT2D eigenvalue weighted by molar-refractivity contribution is 0.533. The minimum Gasteiger partial charge on any atom is -0.364 e. The molecule has 7 heteroatoms. The number of aromatic nitrogens is 2. The van der Waals surface area contributed by atoms with Gasteiger partial charge in [-0.25, -0.2) is 18.4 Å². The predicted molar refractivity (Wildman–Crippen MR) is 68.8 cm³/mol. The average molecular weight is 268 g/mol. The Labute approximate surface area is 107 Å². The standard InChI is InChI=1S/C11H16N4O2S/c1-11(2,4-5-18(3,16)17)15-10-8-13-9(6-12)7-14-10/h7-8H,4-5H2,1-3H3,(H,14,15). The third-order valence-corrected chi connectivity index (χ3v) is 3.28. The summed E-state index contributed by atoms with van der Waals surface area (Å²) >= 11 is 0. The van der Waals surface area contributed by atoms with Crippen LogP contribution in [-0.2, 0) is 9.84 Å². The van der Waals surface area contributed by atoms with E-state index in [0.29, 0.717) is 12.2 Å². The van der Waals surface area contributed by atoms with Gasteiger partial charge in [-0.15, -0.1) is 0 Å². The molecular formula is C11H16N4O2S. The van der Waals surface area contributed by atoms with E-state index in [1.54, 1.807) is 0 Å². The number of hydrogen-bond donors (Lipinski definition) is 1. The van der Waals surface area contributed by atoms with Crippen molar-refractivity contribution in [3.63, 3.8) is 0 Å². The van der Waals surface area contributed by atoms with Crippen LogP contribution in [0, 0.1) is 11.3 Å². The van der Waals surface area contributed by atoms with Crippen LogP contribution in [-0.4, -0.2) is 35.9 Å². The first-order valence-corrected chi connectivity index (χ1v) is 7.46. The first-order chi connectivity index (χ1) is 8.22. The van der Waals surface area contributed by atoms with Gasteiger partial charge in [0.05, 0.1) is 18.1 Å². The first-order valence-electron chi connectivity index (χ1n) is 5.40. The maximum atomic E-state index is 11.1. The molecule has 6 nitrogen and oxygen atoms in total. The largest absolute Gasteiger partial charge is 0.364 e. The molecule has 1 rings (SSSR count). The van der Waals surface area contributed by atoms with Gasteiger partial charge < -0.3 is 5.32 Å². The molecule has 1 heterocycles. The number of nitrogens with one attached hydrogen (secondary N) is 1. The van der Waals surface area contributed by atoms with Crippen molar-refractivity contribution in [1.82, 2.24) is 9.97 Å². The van der Waals surface area contributed by atoms with Crippen LogP contribution >= 0.6 is 0 Å². The Kier molecular flexibility index (Phi) is 4.24. The molecule has 0 spiro atoms. The zero-order valence-corrected chi connectivity index (χ0v) is 11.5. The van der Waals surface area contributed by atoms with Crippen molar-refractivity contribution in [2.75, 3.05) is 17.3 Å². The summed E-state index contributed by atoms with van der Waals surface area (Å²) in [5.74, 6) is 0.629.